The van der Waals surface area contributed by atoms with E-state index in [1.54, 1.807) is 0 Å². The van der Waals surface area contributed by atoms with E-state index in [1.165, 1.54) is 55.8 Å². The molecule has 3 aliphatic carbocycles. The maximum atomic E-state index is 2.39. The van der Waals surface area contributed by atoms with Gasteiger partial charge in [0.05, 0.1) is 0 Å². The fraction of sp³-hybridized carbons (Fsp3) is 0.115. The van der Waals surface area contributed by atoms with Crippen molar-refractivity contribution in [1.82, 2.24) is 0 Å². The van der Waals surface area contributed by atoms with Crippen LogP contribution in [0.25, 0.3) is 33.4 Å². The van der Waals surface area contributed by atoms with E-state index in [9.17, 15) is 0 Å². The highest BCUT2D eigenvalue weighted by Crippen LogP contribution is 2.40. The molecule has 0 heterocycles. The van der Waals surface area contributed by atoms with E-state index < -0.39 is 0 Å². The second-order valence-corrected chi connectivity index (χ2v) is 16.9. The molecule has 306 valence electrons. The summed E-state index contributed by atoms with van der Waals surface area (Å²) in [6.45, 7) is 2.29. The SMILES string of the molecule is CC1C=C(c2ccc(N(c3ccc(C4=CCCC=C4)cc3)c3ccc(-c4ccc(N(C5=CCC(c6ccccc6)C=C5)c5ccc(-c6ccccc6)cc5)cc4)cc3)cc2)C=CC1. The molecule has 0 aliphatic heterocycles. The Bertz CT molecular complexity index is 2840. The highest BCUT2D eigenvalue weighted by atomic mass is 15.1. The molecular weight excluding hydrogens is 761 g/mol. The molecule has 3 aliphatic rings. The molecule has 0 fully saturated rings. The highest BCUT2D eigenvalue weighted by Gasteiger charge is 2.19. The van der Waals surface area contributed by atoms with Crippen LogP contribution in [0.1, 0.15) is 55.2 Å². The molecular formula is C61H52N2. The molecule has 0 aromatic heterocycles. The molecule has 7 aromatic carbocycles. The Morgan fingerprint density at radius 1 is 0.381 bits per heavy atom. The van der Waals surface area contributed by atoms with Crippen molar-refractivity contribution in [3.8, 4) is 22.3 Å². The Kier molecular flexibility index (Phi) is 11.5. The summed E-state index contributed by atoms with van der Waals surface area (Å²) in [7, 11) is 0. The lowest BCUT2D eigenvalue weighted by molar-refractivity contribution is 0.740. The average molecular weight is 813 g/mol. The first-order valence-electron chi connectivity index (χ1n) is 22.5. The van der Waals surface area contributed by atoms with E-state index in [4.69, 9.17) is 0 Å². The van der Waals surface area contributed by atoms with Crippen molar-refractivity contribution in [2.24, 2.45) is 5.92 Å². The van der Waals surface area contributed by atoms with Crippen LogP contribution in [0, 0.1) is 5.92 Å². The minimum Gasteiger partial charge on any atom is -0.311 e. The van der Waals surface area contributed by atoms with Gasteiger partial charge in [0.15, 0.2) is 0 Å². The fourth-order valence-electron chi connectivity index (χ4n) is 9.12. The van der Waals surface area contributed by atoms with E-state index >= 15 is 0 Å². The minimum absolute atomic E-state index is 0.370. The number of hydrogen-bond donors (Lipinski definition) is 0. The third-order valence-corrected chi connectivity index (χ3v) is 12.6. The Labute approximate surface area is 373 Å². The van der Waals surface area contributed by atoms with Crippen molar-refractivity contribution in [3.05, 3.63) is 259 Å². The van der Waals surface area contributed by atoms with Crippen molar-refractivity contribution < 1.29 is 0 Å². The van der Waals surface area contributed by atoms with Crippen molar-refractivity contribution >= 4 is 39.6 Å². The van der Waals surface area contributed by atoms with Crippen LogP contribution in [-0.4, -0.2) is 0 Å². The zero-order chi connectivity index (χ0) is 42.4. The van der Waals surface area contributed by atoms with Gasteiger partial charge in [0, 0.05) is 40.1 Å². The van der Waals surface area contributed by atoms with Gasteiger partial charge in [-0.2, -0.15) is 0 Å². The van der Waals surface area contributed by atoms with Crippen LogP contribution in [0.15, 0.2) is 242 Å². The van der Waals surface area contributed by atoms with Crippen molar-refractivity contribution in [2.45, 2.75) is 38.5 Å². The Hall–Kier alpha value is -7.42. The maximum absolute atomic E-state index is 2.39. The number of anilines is 5. The molecule has 2 heteroatoms. The lowest BCUT2D eigenvalue weighted by Crippen LogP contribution is -2.17. The summed E-state index contributed by atoms with van der Waals surface area (Å²) < 4.78 is 0. The normalized spacial score (nSPS) is 16.8. The van der Waals surface area contributed by atoms with Crippen LogP contribution in [0.3, 0.4) is 0 Å². The molecule has 0 bridgehead atoms. The molecule has 0 amide bonds. The molecule has 0 radical (unpaired) electrons. The molecule has 2 nitrogen and oxygen atoms in total. The first kappa shape index (κ1) is 39.7. The first-order valence-corrected chi connectivity index (χ1v) is 22.5. The van der Waals surface area contributed by atoms with E-state index in [2.05, 4.69) is 253 Å². The smallest absolute Gasteiger partial charge is 0.0462 e. The van der Waals surface area contributed by atoms with Crippen LogP contribution < -0.4 is 9.80 Å². The molecule has 0 N–H and O–H groups in total. The summed E-state index contributed by atoms with van der Waals surface area (Å²) in [4.78, 5) is 4.75. The fourth-order valence-corrected chi connectivity index (χ4v) is 9.12. The lowest BCUT2D eigenvalue weighted by atomic mass is 9.91. The Morgan fingerprint density at radius 2 is 0.841 bits per heavy atom. The first-order chi connectivity index (χ1) is 31.1. The van der Waals surface area contributed by atoms with Crippen molar-refractivity contribution in [3.63, 3.8) is 0 Å². The Balaban J connectivity index is 0.943. The predicted molar refractivity (Wildman–Crippen MR) is 269 cm³/mol. The monoisotopic (exact) mass is 812 g/mol. The summed E-state index contributed by atoms with van der Waals surface area (Å²) in [5.41, 5.74) is 18.1. The third-order valence-electron chi connectivity index (χ3n) is 12.6. The summed E-state index contributed by atoms with van der Waals surface area (Å²) in [5.74, 6) is 0.925. The van der Waals surface area contributed by atoms with E-state index in [1.807, 2.05) is 0 Å². The molecule has 0 saturated carbocycles. The summed E-state index contributed by atoms with van der Waals surface area (Å²) in [6, 6.07) is 66.5. The van der Waals surface area contributed by atoms with E-state index in [-0.39, 0.29) is 0 Å². The van der Waals surface area contributed by atoms with Gasteiger partial charge in [0.2, 0.25) is 0 Å². The van der Waals surface area contributed by atoms with Crippen molar-refractivity contribution in [1.29, 1.82) is 0 Å². The van der Waals surface area contributed by atoms with Crippen LogP contribution >= 0.6 is 0 Å². The van der Waals surface area contributed by atoms with Gasteiger partial charge in [0.1, 0.15) is 0 Å². The summed E-state index contributed by atoms with van der Waals surface area (Å²) in [6.07, 6.45) is 25.1. The van der Waals surface area contributed by atoms with Crippen LogP contribution in [0.2, 0.25) is 0 Å². The molecule has 0 spiro atoms. The zero-order valence-corrected chi connectivity index (χ0v) is 35.9. The van der Waals surface area contributed by atoms with Gasteiger partial charge in [-0.15, -0.1) is 0 Å². The van der Waals surface area contributed by atoms with Gasteiger partial charge in [-0.25, -0.2) is 0 Å². The van der Waals surface area contributed by atoms with Crippen LogP contribution in [0.4, 0.5) is 28.4 Å². The van der Waals surface area contributed by atoms with Gasteiger partial charge < -0.3 is 9.80 Å². The number of nitrogens with zero attached hydrogens (tertiary/aromatic N) is 2. The Morgan fingerprint density at radius 3 is 1.32 bits per heavy atom. The third kappa shape index (κ3) is 8.85. The van der Waals surface area contributed by atoms with Gasteiger partial charge in [-0.05, 0) is 148 Å². The summed E-state index contributed by atoms with van der Waals surface area (Å²) >= 11 is 0. The number of hydrogen-bond acceptors (Lipinski definition) is 2. The largest absolute Gasteiger partial charge is 0.311 e. The molecule has 7 aromatic rings. The van der Waals surface area contributed by atoms with Gasteiger partial charge >= 0.3 is 0 Å². The van der Waals surface area contributed by atoms with Crippen LogP contribution in [0.5, 0.6) is 0 Å². The van der Waals surface area contributed by atoms with Crippen LogP contribution in [-0.2, 0) is 0 Å². The highest BCUT2D eigenvalue weighted by molar-refractivity contribution is 5.83. The number of rotatable bonds is 11. The van der Waals surface area contributed by atoms with Crippen molar-refractivity contribution in [2.75, 3.05) is 9.80 Å². The lowest BCUT2D eigenvalue weighted by Gasteiger charge is -2.29. The standard InChI is InChI=1S/C61H52N2/c1-45-12-11-19-55(44-45)54-30-42-61(43-31-54)63(58-36-24-51(25-37-58)48-17-9-4-10-18-48)60-40-28-53(29-41-60)52-26-38-59(39-27-52)62(56-32-20-49(21-33-56)46-13-5-2-6-14-46)57-34-22-50(23-35-57)47-15-7-3-8-16-47/h2-3,5-9,11,13-22,24-45,50H,4,10,12,23H2,1H3. The minimum atomic E-state index is 0.370. The zero-order valence-electron chi connectivity index (χ0n) is 35.9. The maximum Gasteiger partial charge on any atom is 0.0462 e. The summed E-state index contributed by atoms with van der Waals surface area (Å²) in [5, 5.41) is 0. The number of allylic oxidation sites excluding steroid dienone is 11. The van der Waals surface area contributed by atoms with E-state index in [0.717, 1.165) is 54.1 Å². The second-order valence-electron chi connectivity index (χ2n) is 16.9. The average Bonchev–Trinajstić information content (AvgIpc) is 3.36. The quantitative estimate of drug-likeness (QED) is 0.128. The van der Waals surface area contributed by atoms with Gasteiger partial charge in [-0.1, -0.05) is 177 Å². The van der Waals surface area contributed by atoms with E-state index in [0.29, 0.717) is 11.8 Å². The topological polar surface area (TPSA) is 6.48 Å². The molecule has 2 atom stereocenters. The molecule has 0 saturated heterocycles. The predicted octanol–water partition coefficient (Wildman–Crippen LogP) is 17.0. The molecule has 10 rings (SSSR count). The molecule has 63 heavy (non-hydrogen) atoms. The second kappa shape index (κ2) is 18.3. The van der Waals surface area contributed by atoms with Gasteiger partial charge in [0.25, 0.3) is 0 Å². The number of benzene rings is 7. The van der Waals surface area contributed by atoms with Gasteiger partial charge in [-0.3, -0.25) is 0 Å². The molecule has 2 unspecified atom stereocenters.